The second kappa shape index (κ2) is 7.90. The molecule has 0 aliphatic heterocycles. The van der Waals surface area contributed by atoms with E-state index in [0.29, 0.717) is 30.6 Å². The molecule has 0 amide bonds. The van der Waals surface area contributed by atoms with Gasteiger partial charge in [0.05, 0.1) is 0 Å². The zero-order valence-corrected chi connectivity index (χ0v) is 19.5. The van der Waals surface area contributed by atoms with Gasteiger partial charge in [0.15, 0.2) is 0 Å². The number of aldehydes is 1. The van der Waals surface area contributed by atoms with Crippen molar-refractivity contribution in [2.45, 2.75) is 85.4 Å². The Labute approximate surface area is 185 Å². The third kappa shape index (κ3) is 3.48. The van der Waals surface area contributed by atoms with Crippen LogP contribution in [0.15, 0.2) is 23.3 Å². The molecule has 0 radical (unpaired) electrons. The highest BCUT2D eigenvalue weighted by atomic mass is 16.6. The van der Waals surface area contributed by atoms with Gasteiger partial charge in [0.25, 0.3) is 0 Å². The van der Waals surface area contributed by atoms with Gasteiger partial charge >= 0.3 is 11.9 Å². The third-order valence-corrected chi connectivity index (χ3v) is 9.16. The second-order valence-electron chi connectivity index (χ2n) is 10.7. The molecule has 31 heavy (non-hydrogen) atoms. The molecule has 0 N–H and O–H groups in total. The molecular weight excluding hydrogens is 392 g/mol. The average molecular weight is 429 g/mol. The summed E-state index contributed by atoms with van der Waals surface area (Å²) in [6.45, 7) is 9.59. The van der Waals surface area contributed by atoms with Crippen LogP contribution in [0.1, 0.15) is 73.1 Å². The van der Waals surface area contributed by atoms with Crippen molar-refractivity contribution < 1.29 is 23.9 Å². The van der Waals surface area contributed by atoms with Gasteiger partial charge in [-0.1, -0.05) is 44.1 Å². The summed E-state index contributed by atoms with van der Waals surface area (Å²) in [5, 5.41) is 0. The molecule has 0 unspecified atom stereocenters. The molecule has 0 aromatic heterocycles. The van der Waals surface area contributed by atoms with Gasteiger partial charge < -0.3 is 14.3 Å². The molecular formula is C26H36O5. The minimum Gasteiger partial charge on any atom is -0.462 e. The van der Waals surface area contributed by atoms with Crippen LogP contribution in [0.4, 0.5) is 0 Å². The summed E-state index contributed by atoms with van der Waals surface area (Å²) in [6.07, 6.45) is 10.7. The highest BCUT2D eigenvalue weighted by Gasteiger charge is 2.60. The van der Waals surface area contributed by atoms with Gasteiger partial charge in [-0.05, 0) is 48.9 Å². The number of fused-ring (bicyclic) bond motifs is 5. The van der Waals surface area contributed by atoms with Crippen LogP contribution in [0.5, 0.6) is 0 Å². The lowest BCUT2D eigenvalue weighted by Gasteiger charge is -2.57. The Kier molecular flexibility index (Phi) is 5.68. The van der Waals surface area contributed by atoms with Gasteiger partial charge in [-0.3, -0.25) is 9.59 Å². The predicted molar refractivity (Wildman–Crippen MR) is 117 cm³/mol. The van der Waals surface area contributed by atoms with Crippen molar-refractivity contribution in [2.24, 2.45) is 34.5 Å². The number of rotatable bonds is 4. The molecule has 5 heteroatoms. The molecule has 0 bridgehead atoms. The fourth-order valence-corrected chi connectivity index (χ4v) is 7.70. The molecule has 0 spiro atoms. The lowest BCUT2D eigenvalue weighted by atomic mass is 9.49. The summed E-state index contributed by atoms with van der Waals surface area (Å²) < 4.78 is 11.4. The number of hydrogen-bond donors (Lipinski definition) is 0. The van der Waals surface area contributed by atoms with Gasteiger partial charge in [-0.25, -0.2) is 0 Å². The van der Waals surface area contributed by atoms with Gasteiger partial charge in [0.2, 0.25) is 0 Å². The van der Waals surface area contributed by atoms with Gasteiger partial charge in [-0.15, -0.1) is 0 Å². The quantitative estimate of drug-likeness (QED) is 0.475. The molecule has 0 aromatic rings. The summed E-state index contributed by atoms with van der Waals surface area (Å²) in [4.78, 5) is 35.2. The average Bonchev–Trinajstić information content (AvgIpc) is 3.04. The van der Waals surface area contributed by atoms with Crippen LogP contribution in [0.2, 0.25) is 0 Å². The Morgan fingerprint density at radius 2 is 1.77 bits per heavy atom. The van der Waals surface area contributed by atoms with Crippen LogP contribution >= 0.6 is 0 Å². The molecule has 5 nitrogen and oxygen atoms in total. The fourth-order valence-electron chi connectivity index (χ4n) is 7.70. The van der Waals surface area contributed by atoms with Crippen LogP contribution in [-0.4, -0.2) is 30.4 Å². The van der Waals surface area contributed by atoms with Crippen LogP contribution in [0.25, 0.3) is 0 Å². The molecule has 0 saturated heterocycles. The largest absolute Gasteiger partial charge is 0.462 e. The molecule has 8 atom stereocenters. The first kappa shape index (κ1) is 22.3. The van der Waals surface area contributed by atoms with E-state index in [1.165, 1.54) is 25.0 Å². The van der Waals surface area contributed by atoms with Crippen molar-refractivity contribution in [3.8, 4) is 0 Å². The van der Waals surface area contributed by atoms with Crippen LogP contribution in [-0.2, 0) is 23.9 Å². The second-order valence-corrected chi connectivity index (χ2v) is 10.7. The highest BCUT2D eigenvalue weighted by Crippen LogP contribution is 2.66. The van der Waals surface area contributed by atoms with E-state index in [4.69, 9.17) is 9.47 Å². The molecule has 4 rings (SSSR count). The number of allylic oxidation sites excluding steroid dienone is 3. The van der Waals surface area contributed by atoms with E-state index >= 15 is 0 Å². The molecule has 0 aromatic carbocycles. The minimum atomic E-state index is -0.307. The standard InChI is InChI=1S/C26H36O5/c1-15(14-27)21-8-9-22-20-7-6-18-12-19(30-16(2)28)13-24(31-17(3)29)26(18,5)23(20)10-11-25(21,22)4/h6-7,14-15,19,21-24H,8-13H2,1-5H3/t15-,19+,21+,22-,23-,24-,25+,26-/m0/s1. The van der Waals surface area contributed by atoms with Crippen LogP contribution in [0.3, 0.4) is 0 Å². The summed E-state index contributed by atoms with van der Waals surface area (Å²) in [5.74, 6) is 0.726. The lowest BCUT2D eigenvalue weighted by Crippen LogP contribution is -2.54. The number of hydrogen-bond acceptors (Lipinski definition) is 5. The van der Waals surface area contributed by atoms with Crippen molar-refractivity contribution in [1.82, 2.24) is 0 Å². The van der Waals surface area contributed by atoms with Crippen molar-refractivity contribution in [1.29, 1.82) is 0 Å². The Hall–Kier alpha value is -1.91. The summed E-state index contributed by atoms with van der Waals surface area (Å²) in [6, 6.07) is 0. The fraction of sp³-hybridized carbons (Fsp3) is 0.731. The lowest BCUT2D eigenvalue weighted by molar-refractivity contribution is -0.165. The molecule has 4 aliphatic carbocycles. The Bertz CT molecular complexity index is 841. The zero-order chi connectivity index (χ0) is 22.6. The predicted octanol–water partition coefficient (Wildman–Crippen LogP) is 4.79. The first-order chi connectivity index (χ1) is 14.6. The van der Waals surface area contributed by atoms with Gasteiger partial charge in [-0.2, -0.15) is 0 Å². The van der Waals surface area contributed by atoms with E-state index in [1.807, 2.05) is 0 Å². The van der Waals surface area contributed by atoms with E-state index in [9.17, 15) is 14.4 Å². The van der Waals surface area contributed by atoms with E-state index in [2.05, 4.69) is 32.9 Å². The summed E-state index contributed by atoms with van der Waals surface area (Å²) in [5.41, 5.74) is 2.58. The Morgan fingerprint density at radius 3 is 2.42 bits per heavy atom. The Balaban J connectivity index is 1.70. The van der Waals surface area contributed by atoms with E-state index in [1.54, 1.807) is 0 Å². The summed E-state index contributed by atoms with van der Waals surface area (Å²) >= 11 is 0. The van der Waals surface area contributed by atoms with Crippen LogP contribution < -0.4 is 0 Å². The van der Waals surface area contributed by atoms with Crippen molar-refractivity contribution in [3.05, 3.63) is 23.3 Å². The summed E-state index contributed by atoms with van der Waals surface area (Å²) in [7, 11) is 0. The molecule has 4 aliphatic rings. The first-order valence-electron chi connectivity index (χ1n) is 11.8. The van der Waals surface area contributed by atoms with Gasteiger partial charge in [0.1, 0.15) is 18.5 Å². The monoisotopic (exact) mass is 428 g/mol. The maximum Gasteiger partial charge on any atom is 0.302 e. The third-order valence-electron chi connectivity index (χ3n) is 9.16. The first-order valence-corrected chi connectivity index (χ1v) is 11.8. The number of carbonyl (C=O) groups is 3. The van der Waals surface area contributed by atoms with Crippen molar-refractivity contribution >= 4 is 18.2 Å². The van der Waals surface area contributed by atoms with Crippen LogP contribution in [0, 0.1) is 34.5 Å². The highest BCUT2D eigenvalue weighted by molar-refractivity contribution is 5.67. The van der Waals surface area contributed by atoms with E-state index < -0.39 is 0 Å². The zero-order valence-electron chi connectivity index (χ0n) is 19.5. The minimum absolute atomic E-state index is 0.0883. The number of carbonyl (C=O) groups excluding carboxylic acids is 3. The van der Waals surface area contributed by atoms with Crippen molar-refractivity contribution in [3.63, 3.8) is 0 Å². The maximum absolute atomic E-state index is 12.0. The normalized spacial score (nSPS) is 42.2. The number of esters is 2. The van der Waals surface area contributed by atoms with Gasteiger partial charge in [0, 0.05) is 38.0 Å². The van der Waals surface area contributed by atoms with E-state index in [0.717, 1.165) is 32.0 Å². The maximum atomic E-state index is 12.0. The number of ether oxygens (including phenoxy) is 2. The molecule has 0 heterocycles. The van der Waals surface area contributed by atoms with E-state index in [-0.39, 0.29) is 40.9 Å². The molecule has 170 valence electrons. The SMILES string of the molecule is CC(=O)O[C@@H]1CC2=CC=C3[C@@H]4CC[C@H]([C@@H](C)C=O)[C@@]4(C)CC[C@@H]3[C@@]2(C)[C@@H](OC(C)=O)C1. The van der Waals surface area contributed by atoms with Crippen molar-refractivity contribution in [2.75, 3.05) is 0 Å². The Morgan fingerprint density at radius 1 is 1.06 bits per heavy atom. The smallest absolute Gasteiger partial charge is 0.302 e. The molecule has 3 saturated carbocycles. The molecule has 3 fully saturated rings. The topological polar surface area (TPSA) is 69.7 Å².